The Morgan fingerprint density at radius 3 is 1.79 bits per heavy atom. The van der Waals surface area contributed by atoms with Gasteiger partial charge in [-0.2, -0.15) is 0 Å². The molecule has 0 amide bonds. The molecule has 0 heterocycles. The summed E-state index contributed by atoms with van der Waals surface area (Å²) in [5, 5.41) is 8.82. The van der Waals surface area contributed by atoms with Crippen LogP contribution in [0.5, 0.6) is 0 Å². The number of carboxylic acids is 1. The van der Waals surface area contributed by atoms with Crippen molar-refractivity contribution in [3.05, 3.63) is 24.3 Å². The lowest BCUT2D eigenvalue weighted by Crippen LogP contribution is -2.20. The van der Waals surface area contributed by atoms with Gasteiger partial charge in [-0.1, -0.05) is 38.2 Å². The minimum absolute atomic E-state index is 0.0865. The maximum absolute atomic E-state index is 10.7. The average molecular weight is 341 g/mol. The van der Waals surface area contributed by atoms with Crippen molar-refractivity contribution in [2.45, 2.75) is 84.3 Å². The molecule has 0 saturated carbocycles. The molecule has 0 spiro atoms. The van der Waals surface area contributed by atoms with E-state index >= 15 is 0 Å². The van der Waals surface area contributed by atoms with Gasteiger partial charge in [0.05, 0.1) is 6.42 Å². The van der Waals surface area contributed by atoms with Crippen LogP contribution in [0.4, 0.5) is 0 Å². The number of allylic oxidation sites excluding steroid dienone is 4. The topological polar surface area (TPSA) is 55.8 Å². The van der Waals surface area contributed by atoms with E-state index in [1.54, 1.807) is 0 Å². The second-order valence-corrected chi connectivity index (χ2v) is 5.85. The molecule has 0 atom stereocenters. The lowest BCUT2D eigenvalue weighted by Gasteiger charge is -2.18. The number of unbranched alkanes of at least 4 members (excludes halogenated alkanes) is 4. The molecule has 140 valence electrons. The first-order valence-corrected chi connectivity index (χ1v) is 9.45. The minimum atomic E-state index is -0.804. The number of carboxylic acid groups (broad SMARTS) is 1. The zero-order valence-corrected chi connectivity index (χ0v) is 15.5. The van der Waals surface area contributed by atoms with Gasteiger partial charge in [-0.15, -0.1) is 0 Å². The van der Waals surface area contributed by atoms with Gasteiger partial charge in [0.25, 0.3) is 0 Å². The van der Waals surface area contributed by atoms with Gasteiger partial charge in [0.2, 0.25) is 0 Å². The van der Waals surface area contributed by atoms with Gasteiger partial charge in [-0.25, -0.2) is 0 Å². The first kappa shape index (κ1) is 22.9. The van der Waals surface area contributed by atoms with Crippen molar-refractivity contribution in [2.24, 2.45) is 0 Å². The van der Waals surface area contributed by atoms with E-state index in [4.69, 9.17) is 14.6 Å². The van der Waals surface area contributed by atoms with Gasteiger partial charge in [0, 0.05) is 19.6 Å². The third-order valence-corrected chi connectivity index (χ3v) is 3.54. The summed E-state index contributed by atoms with van der Waals surface area (Å²) in [6.45, 7) is 5.52. The van der Waals surface area contributed by atoms with Crippen LogP contribution in [0.15, 0.2) is 24.3 Å². The maximum atomic E-state index is 10.7. The van der Waals surface area contributed by atoms with Crippen molar-refractivity contribution in [3.63, 3.8) is 0 Å². The summed E-state index contributed by atoms with van der Waals surface area (Å²) in [5.74, 6) is -0.804. The number of rotatable bonds is 17. The Hall–Kier alpha value is -1.13. The third kappa shape index (κ3) is 17.2. The molecule has 0 fully saturated rings. The van der Waals surface area contributed by atoms with Crippen LogP contribution < -0.4 is 0 Å². The van der Waals surface area contributed by atoms with E-state index in [0.717, 1.165) is 51.4 Å². The normalized spacial score (nSPS) is 13.1. The number of aliphatic carboxylic acids is 1. The first-order chi connectivity index (χ1) is 11.7. The largest absolute Gasteiger partial charge is 0.481 e. The molecule has 0 aromatic rings. The fourth-order valence-corrected chi connectivity index (χ4v) is 2.18. The molecule has 0 saturated heterocycles. The van der Waals surface area contributed by atoms with Crippen LogP contribution in [0.25, 0.3) is 0 Å². The fraction of sp³-hybridized carbons (Fsp3) is 0.750. The summed E-state index contributed by atoms with van der Waals surface area (Å²) in [6.07, 6.45) is 17.3. The van der Waals surface area contributed by atoms with E-state index in [9.17, 15) is 4.79 Å². The molecular weight excluding hydrogens is 304 g/mol. The quantitative estimate of drug-likeness (QED) is 0.216. The van der Waals surface area contributed by atoms with Crippen molar-refractivity contribution < 1.29 is 19.4 Å². The maximum Gasteiger partial charge on any atom is 0.303 e. The predicted molar refractivity (Wildman–Crippen MR) is 99.1 cm³/mol. The Balaban J connectivity index is 3.81. The van der Waals surface area contributed by atoms with Crippen molar-refractivity contribution in [1.29, 1.82) is 0 Å². The van der Waals surface area contributed by atoms with Crippen LogP contribution in [-0.2, 0) is 14.3 Å². The molecule has 0 aliphatic heterocycles. The van der Waals surface area contributed by atoms with E-state index in [0.29, 0.717) is 19.6 Å². The van der Waals surface area contributed by atoms with Crippen LogP contribution in [0.3, 0.4) is 0 Å². The van der Waals surface area contributed by atoms with Crippen LogP contribution in [0, 0.1) is 0 Å². The standard InChI is InChI=1S/C20H36O4/c1-3-5-7-9-11-13-17-23-20(16-15-19(21)22)24-18-14-12-10-8-6-4-2/h5-8,20H,3-4,9-18H2,1-2H3,(H,21,22). The second-order valence-electron chi connectivity index (χ2n) is 5.85. The molecule has 0 radical (unpaired) electrons. The molecular formula is C20H36O4. The highest BCUT2D eigenvalue weighted by Gasteiger charge is 2.11. The molecule has 24 heavy (non-hydrogen) atoms. The van der Waals surface area contributed by atoms with Gasteiger partial charge >= 0.3 is 5.97 Å². The number of ether oxygens (including phenoxy) is 2. The monoisotopic (exact) mass is 340 g/mol. The van der Waals surface area contributed by atoms with Gasteiger partial charge in [0.15, 0.2) is 6.29 Å². The summed E-state index contributed by atoms with van der Waals surface area (Å²) in [6, 6.07) is 0. The summed E-state index contributed by atoms with van der Waals surface area (Å²) in [7, 11) is 0. The van der Waals surface area contributed by atoms with Gasteiger partial charge in [-0.3, -0.25) is 4.79 Å². The predicted octanol–water partition coefficient (Wildman–Crippen LogP) is 5.48. The Labute approximate surface area is 147 Å². The minimum Gasteiger partial charge on any atom is -0.481 e. The summed E-state index contributed by atoms with van der Waals surface area (Å²) in [5.41, 5.74) is 0. The van der Waals surface area contributed by atoms with E-state index in [-0.39, 0.29) is 6.42 Å². The highest BCUT2D eigenvalue weighted by Crippen LogP contribution is 2.09. The highest BCUT2D eigenvalue weighted by molar-refractivity contribution is 5.66. The van der Waals surface area contributed by atoms with E-state index in [2.05, 4.69) is 38.2 Å². The molecule has 0 aromatic heterocycles. The Kier molecular flexibility index (Phi) is 17.4. The third-order valence-electron chi connectivity index (χ3n) is 3.54. The zero-order chi connectivity index (χ0) is 17.9. The SMILES string of the molecule is CCC=CCCCCOC(CCC(=O)O)OCCCCC=CCC. The van der Waals surface area contributed by atoms with Gasteiger partial charge in [0.1, 0.15) is 0 Å². The van der Waals surface area contributed by atoms with Crippen LogP contribution in [-0.4, -0.2) is 30.6 Å². The number of carbonyl (C=O) groups is 1. The van der Waals surface area contributed by atoms with Crippen molar-refractivity contribution in [3.8, 4) is 0 Å². The zero-order valence-electron chi connectivity index (χ0n) is 15.5. The lowest BCUT2D eigenvalue weighted by molar-refractivity contribution is -0.156. The van der Waals surface area contributed by atoms with Crippen LogP contribution in [0.2, 0.25) is 0 Å². The molecule has 0 bridgehead atoms. The molecule has 0 unspecified atom stereocenters. The summed E-state index contributed by atoms with van der Waals surface area (Å²) >= 11 is 0. The number of hydrogen-bond acceptors (Lipinski definition) is 3. The van der Waals surface area contributed by atoms with Gasteiger partial charge in [-0.05, 0) is 51.4 Å². The first-order valence-electron chi connectivity index (χ1n) is 9.45. The number of hydrogen-bond donors (Lipinski definition) is 1. The second kappa shape index (κ2) is 18.2. The molecule has 1 N–H and O–H groups in total. The Morgan fingerprint density at radius 2 is 1.38 bits per heavy atom. The van der Waals surface area contributed by atoms with Crippen LogP contribution >= 0.6 is 0 Å². The fourth-order valence-electron chi connectivity index (χ4n) is 2.18. The lowest BCUT2D eigenvalue weighted by atomic mass is 10.2. The Morgan fingerprint density at radius 1 is 0.875 bits per heavy atom. The molecule has 4 heteroatoms. The summed E-state index contributed by atoms with van der Waals surface area (Å²) < 4.78 is 11.4. The van der Waals surface area contributed by atoms with Crippen LogP contribution in [0.1, 0.15) is 78.1 Å². The molecule has 0 rings (SSSR count). The van der Waals surface area contributed by atoms with E-state index in [1.165, 1.54) is 0 Å². The highest BCUT2D eigenvalue weighted by atomic mass is 16.7. The van der Waals surface area contributed by atoms with E-state index < -0.39 is 12.3 Å². The summed E-state index contributed by atoms with van der Waals surface area (Å²) in [4.78, 5) is 10.7. The molecule has 0 aliphatic rings. The molecule has 0 aliphatic carbocycles. The smallest absolute Gasteiger partial charge is 0.303 e. The molecule has 0 aromatic carbocycles. The van der Waals surface area contributed by atoms with Crippen molar-refractivity contribution in [1.82, 2.24) is 0 Å². The van der Waals surface area contributed by atoms with Crippen molar-refractivity contribution >= 4 is 5.97 Å². The Bertz CT molecular complexity index is 313. The van der Waals surface area contributed by atoms with E-state index in [1.807, 2.05) is 0 Å². The van der Waals surface area contributed by atoms with Gasteiger partial charge < -0.3 is 14.6 Å². The average Bonchev–Trinajstić information content (AvgIpc) is 2.57. The molecule has 4 nitrogen and oxygen atoms in total. The van der Waals surface area contributed by atoms with Crippen molar-refractivity contribution in [2.75, 3.05) is 13.2 Å².